The number of anilines is 2. The van der Waals surface area contributed by atoms with E-state index in [-0.39, 0.29) is 5.91 Å². The first kappa shape index (κ1) is 14.7. The summed E-state index contributed by atoms with van der Waals surface area (Å²) in [5.74, 6) is -0.0685. The van der Waals surface area contributed by atoms with E-state index in [2.05, 4.69) is 15.0 Å². The number of carbonyl (C=O) groups is 1. The molecule has 20 heavy (non-hydrogen) atoms. The molecular weight excluding hydrogens is 298 g/mol. The zero-order valence-electron chi connectivity index (χ0n) is 11.1. The zero-order valence-corrected chi connectivity index (χ0v) is 12.8. The Morgan fingerprint density at radius 3 is 2.80 bits per heavy atom. The van der Waals surface area contributed by atoms with Gasteiger partial charge in [0.15, 0.2) is 5.13 Å². The van der Waals surface area contributed by atoms with Gasteiger partial charge in [0.2, 0.25) is 15.9 Å². The first-order chi connectivity index (χ1) is 9.37. The highest BCUT2D eigenvalue weighted by Crippen LogP contribution is 2.28. The Bertz CT molecular complexity index is 737. The van der Waals surface area contributed by atoms with Gasteiger partial charge >= 0.3 is 0 Å². The van der Waals surface area contributed by atoms with E-state index in [9.17, 15) is 13.2 Å². The van der Waals surface area contributed by atoms with Crippen LogP contribution in [0.5, 0.6) is 0 Å². The number of hydrogen-bond acceptors (Lipinski definition) is 5. The number of thiazole rings is 1. The number of nitrogens with one attached hydrogen (secondary N) is 2. The van der Waals surface area contributed by atoms with Crippen molar-refractivity contribution in [1.29, 1.82) is 0 Å². The number of rotatable bonds is 5. The maximum absolute atomic E-state index is 11.5. The van der Waals surface area contributed by atoms with Crippen LogP contribution in [-0.2, 0) is 14.8 Å². The largest absolute Gasteiger partial charge is 0.302 e. The summed E-state index contributed by atoms with van der Waals surface area (Å²) >= 11 is 1.36. The van der Waals surface area contributed by atoms with Gasteiger partial charge in [0.1, 0.15) is 0 Å². The van der Waals surface area contributed by atoms with E-state index in [4.69, 9.17) is 0 Å². The van der Waals surface area contributed by atoms with Gasteiger partial charge in [-0.1, -0.05) is 18.3 Å². The number of sulfonamides is 1. The SMILES string of the molecule is CCCC(=O)Nc1nc2cc(NS(C)(=O)=O)ccc2s1. The molecule has 0 saturated heterocycles. The van der Waals surface area contributed by atoms with Crippen LogP contribution < -0.4 is 10.0 Å². The Balaban J connectivity index is 2.23. The number of amides is 1. The van der Waals surface area contributed by atoms with Crippen LogP contribution in [0.1, 0.15) is 19.8 Å². The molecule has 0 saturated carbocycles. The van der Waals surface area contributed by atoms with Gasteiger partial charge in [-0.3, -0.25) is 9.52 Å². The van der Waals surface area contributed by atoms with Crippen molar-refractivity contribution >= 4 is 48.3 Å². The lowest BCUT2D eigenvalue weighted by Crippen LogP contribution is -2.10. The fraction of sp³-hybridized carbons (Fsp3) is 0.333. The van der Waals surface area contributed by atoms with Crippen LogP contribution >= 0.6 is 11.3 Å². The smallest absolute Gasteiger partial charge is 0.229 e. The highest BCUT2D eigenvalue weighted by molar-refractivity contribution is 7.92. The first-order valence-corrected chi connectivity index (χ1v) is 8.76. The van der Waals surface area contributed by atoms with Crippen LogP contribution in [0, 0.1) is 0 Å². The summed E-state index contributed by atoms with van der Waals surface area (Å²) in [5, 5.41) is 3.25. The van der Waals surface area contributed by atoms with Crippen LogP contribution in [0.15, 0.2) is 18.2 Å². The molecule has 0 aliphatic rings. The summed E-state index contributed by atoms with van der Waals surface area (Å²) in [7, 11) is -3.31. The second-order valence-corrected chi connectivity index (χ2v) is 7.15. The number of benzene rings is 1. The van der Waals surface area contributed by atoms with Gasteiger partial charge in [-0.2, -0.15) is 0 Å². The molecule has 0 radical (unpaired) electrons. The zero-order chi connectivity index (χ0) is 14.8. The lowest BCUT2D eigenvalue weighted by molar-refractivity contribution is -0.116. The molecule has 1 aromatic carbocycles. The van der Waals surface area contributed by atoms with E-state index in [1.54, 1.807) is 18.2 Å². The molecule has 1 amide bonds. The molecule has 2 rings (SSSR count). The first-order valence-electron chi connectivity index (χ1n) is 6.05. The van der Waals surface area contributed by atoms with Gasteiger partial charge in [-0.05, 0) is 24.6 Å². The molecule has 108 valence electrons. The van der Waals surface area contributed by atoms with Crippen molar-refractivity contribution < 1.29 is 13.2 Å². The Morgan fingerprint density at radius 1 is 1.40 bits per heavy atom. The number of fused-ring (bicyclic) bond motifs is 1. The van der Waals surface area contributed by atoms with E-state index >= 15 is 0 Å². The van der Waals surface area contributed by atoms with E-state index in [0.717, 1.165) is 17.4 Å². The fourth-order valence-electron chi connectivity index (χ4n) is 1.67. The van der Waals surface area contributed by atoms with Gasteiger partial charge < -0.3 is 5.32 Å². The molecule has 6 nitrogen and oxygen atoms in total. The molecule has 0 unspecified atom stereocenters. The maximum atomic E-state index is 11.5. The maximum Gasteiger partial charge on any atom is 0.229 e. The molecule has 0 aliphatic carbocycles. The quantitative estimate of drug-likeness (QED) is 0.887. The number of nitrogens with zero attached hydrogens (tertiary/aromatic N) is 1. The second-order valence-electron chi connectivity index (χ2n) is 4.37. The van der Waals surface area contributed by atoms with E-state index in [0.29, 0.717) is 22.8 Å². The Labute approximate surface area is 121 Å². The van der Waals surface area contributed by atoms with Crippen molar-refractivity contribution in [2.75, 3.05) is 16.3 Å². The average molecular weight is 313 g/mol. The molecule has 1 heterocycles. The summed E-state index contributed by atoms with van der Waals surface area (Å²) in [6, 6.07) is 5.08. The lowest BCUT2D eigenvalue weighted by atomic mass is 10.3. The van der Waals surface area contributed by atoms with Crippen LogP contribution in [0.2, 0.25) is 0 Å². The van der Waals surface area contributed by atoms with Gasteiger partial charge in [0, 0.05) is 6.42 Å². The van der Waals surface area contributed by atoms with Crippen molar-refractivity contribution in [2.24, 2.45) is 0 Å². The topological polar surface area (TPSA) is 88.2 Å². The molecule has 0 fully saturated rings. The normalized spacial score (nSPS) is 11.5. The van der Waals surface area contributed by atoms with Crippen molar-refractivity contribution in [2.45, 2.75) is 19.8 Å². The number of carbonyl (C=O) groups excluding carboxylic acids is 1. The minimum atomic E-state index is -3.31. The summed E-state index contributed by atoms with van der Waals surface area (Å²) in [5.41, 5.74) is 1.10. The predicted octanol–water partition coefficient (Wildman–Crippen LogP) is 2.41. The van der Waals surface area contributed by atoms with Crippen LogP contribution in [0.3, 0.4) is 0 Å². The highest BCUT2D eigenvalue weighted by atomic mass is 32.2. The molecule has 8 heteroatoms. The molecule has 0 spiro atoms. The molecule has 0 aliphatic heterocycles. The van der Waals surface area contributed by atoms with Crippen molar-refractivity contribution in [3.63, 3.8) is 0 Å². The second kappa shape index (κ2) is 5.76. The van der Waals surface area contributed by atoms with Crippen LogP contribution in [-0.4, -0.2) is 25.6 Å². The lowest BCUT2D eigenvalue weighted by Gasteiger charge is -2.02. The standard InChI is InChI=1S/C12H15N3O3S2/c1-3-4-11(16)14-12-13-9-7-8(15-20(2,17)18)5-6-10(9)19-12/h5-7,15H,3-4H2,1-2H3,(H,13,14,16). The summed E-state index contributed by atoms with van der Waals surface area (Å²) in [6.45, 7) is 1.93. The van der Waals surface area contributed by atoms with Crippen LogP contribution in [0.4, 0.5) is 10.8 Å². The minimum Gasteiger partial charge on any atom is -0.302 e. The van der Waals surface area contributed by atoms with Crippen molar-refractivity contribution in [3.05, 3.63) is 18.2 Å². The number of aromatic nitrogens is 1. The number of hydrogen-bond donors (Lipinski definition) is 2. The highest BCUT2D eigenvalue weighted by Gasteiger charge is 2.09. The fourth-order valence-corrected chi connectivity index (χ4v) is 3.08. The molecule has 1 aromatic heterocycles. The van der Waals surface area contributed by atoms with E-state index in [1.807, 2.05) is 6.92 Å². The summed E-state index contributed by atoms with van der Waals surface area (Å²) < 4.78 is 25.6. The average Bonchev–Trinajstić information content (AvgIpc) is 2.68. The van der Waals surface area contributed by atoms with Gasteiger partial charge in [0.05, 0.1) is 22.2 Å². The molecular formula is C12H15N3O3S2. The Hall–Kier alpha value is -1.67. The molecule has 2 N–H and O–H groups in total. The van der Waals surface area contributed by atoms with Gasteiger partial charge in [-0.25, -0.2) is 13.4 Å². The summed E-state index contributed by atoms with van der Waals surface area (Å²) in [4.78, 5) is 15.8. The summed E-state index contributed by atoms with van der Waals surface area (Å²) in [6.07, 6.45) is 2.32. The van der Waals surface area contributed by atoms with Gasteiger partial charge in [-0.15, -0.1) is 0 Å². The van der Waals surface area contributed by atoms with Gasteiger partial charge in [0.25, 0.3) is 0 Å². The van der Waals surface area contributed by atoms with Crippen LogP contribution in [0.25, 0.3) is 10.2 Å². The predicted molar refractivity (Wildman–Crippen MR) is 81.6 cm³/mol. The molecule has 0 atom stereocenters. The third kappa shape index (κ3) is 3.91. The van der Waals surface area contributed by atoms with Crippen molar-refractivity contribution in [1.82, 2.24) is 4.98 Å². The molecule has 2 aromatic rings. The monoisotopic (exact) mass is 313 g/mol. The van der Waals surface area contributed by atoms with Crippen molar-refractivity contribution in [3.8, 4) is 0 Å². The van der Waals surface area contributed by atoms with E-state index < -0.39 is 10.0 Å². The van der Waals surface area contributed by atoms with E-state index in [1.165, 1.54) is 11.3 Å². The Morgan fingerprint density at radius 2 is 2.15 bits per heavy atom. The minimum absolute atomic E-state index is 0.0685. The third-order valence-electron chi connectivity index (χ3n) is 2.41. The Kier molecular flexibility index (Phi) is 4.24. The molecule has 0 bridgehead atoms. The third-order valence-corrected chi connectivity index (χ3v) is 3.97.